The lowest BCUT2D eigenvalue weighted by atomic mass is 10.4. The van der Waals surface area contributed by atoms with E-state index in [9.17, 15) is 4.79 Å². The van der Waals surface area contributed by atoms with E-state index in [1.807, 2.05) is 0 Å². The second kappa shape index (κ2) is 60.8. The molecule has 150 heavy (non-hydrogen) atoms. The van der Waals surface area contributed by atoms with Gasteiger partial charge in [-0.25, -0.2) is 4.79 Å². The van der Waals surface area contributed by atoms with Crippen molar-refractivity contribution in [2.75, 3.05) is 6.61 Å². The van der Waals surface area contributed by atoms with E-state index >= 15 is 0 Å². The molecule has 0 bridgehead atoms. The summed E-state index contributed by atoms with van der Waals surface area (Å²) < 4.78 is 206. The van der Waals surface area contributed by atoms with Gasteiger partial charge >= 0.3 is 186 Å². The number of esters is 1. The molecule has 0 aliphatic heterocycles. The highest BCUT2D eigenvalue weighted by molar-refractivity contribution is 6.98. The highest BCUT2D eigenvalue weighted by Gasteiger charge is 2.57. The van der Waals surface area contributed by atoms with E-state index < -0.39 is 323 Å². The molecule has 0 radical (unpaired) electrons. The Kier molecular flexibility index (Phi) is 63.3. The van der Waals surface area contributed by atoms with Gasteiger partial charge in [0.2, 0.25) is 0 Å². The van der Waals surface area contributed by atoms with Crippen LogP contribution in [0.25, 0.3) is 0 Å². The van der Waals surface area contributed by atoms with Gasteiger partial charge in [-0.1, -0.05) is 6.58 Å². The molecular formula is C82H236O31Si37. The fraction of sp³-hybridized carbons (Fsp3) is 0.963. The maximum absolute atomic E-state index is 11.7. The van der Waals surface area contributed by atoms with E-state index in [1.165, 1.54) is 72.5 Å². The number of ether oxygens (including phenoxy) is 1. The van der Waals surface area contributed by atoms with Gasteiger partial charge in [0.05, 0.1) is 6.61 Å². The van der Waals surface area contributed by atoms with Crippen LogP contribution in [0.1, 0.15) is 13.3 Å². The maximum Gasteiger partial charge on any atom is 0.333 e. The standard InChI is InChI=1S/C82H236O31Si37/c1-81(2)82(83)84-65-64-73-122(6,7)85-114-66-74-123(8,9)86-115-67-75-124(10,11)87-116-68-76-125(12,13)88-117-69-77-126(14,15)89-118-70-78-127(16,17)90-119-71-79-128(18,19)91-120-72-80-129(20,21)93-131(24,25)95-133(28,29)97-135(32,33)99-137(36,37)101-139(40,41)103-141(44,45)105-143(48,49)107-145(52,53)109-147(56,57)111-149(60,61)113-150(62,63)112-148(58,59)110-146(54,55)108-144(50,51)106-142(46,47)104-140(42,43)102-138(38,39)100-136(34,35)98-134(30,31)96-132(26,27)94-130(22,23)92-121(3,4)5/h1,64-80,114-120H2,2-63H3. The highest BCUT2D eigenvalue weighted by atomic mass is 28.6. The van der Waals surface area contributed by atoms with Gasteiger partial charge in [-0.3, -0.25) is 0 Å². The van der Waals surface area contributed by atoms with Crippen molar-refractivity contribution in [3.8, 4) is 0 Å². The number of hydrogen-bond acceptors (Lipinski definition) is 31. The quantitative estimate of drug-likeness (QED) is 0.0236. The molecule has 0 aliphatic rings. The predicted octanol–water partition coefficient (Wildman–Crippen LogP) is 23.7. The Balaban J connectivity index is 5.32. The van der Waals surface area contributed by atoms with E-state index in [0.717, 1.165) is 24.6 Å². The lowest BCUT2D eigenvalue weighted by Crippen LogP contribution is -2.63. The van der Waals surface area contributed by atoms with Crippen molar-refractivity contribution in [1.82, 2.24) is 0 Å². The lowest BCUT2D eigenvalue weighted by molar-refractivity contribution is -0.139. The van der Waals surface area contributed by atoms with E-state index in [0.29, 0.717) is 12.2 Å². The van der Waals surface area contributed by atoms with E-state index in [2.05, 4.69) is 406 Å². The van der Waals surface area contributed by atoms with Crippen molar-refractivity contribution in [1.29, 1.82) is 0 Å². The molecule has 0 aliphatic carbocycles. The predicted molar refractivity (Wildman–Crippen MR) is 724 cm³/mol. The third-order valence-electron chi connectivity index (χ3n) is 22.3. The summed E-state index contributed by atoms with van der Waals surface area (Å²) in [6.45, 7) is 138. The number of carbonyl (C=O) groups excluding carboxylic acids is 1. The molecule has 0 N–H and O–H groups in total. The Morgan fingerprint density at radius 2 is 0.280 bits per heavy atom. The first kappa shape index (κ1) is 156. The summed E-state index contributed by atoms with van der Waals surface area (Å²) in [6, 6.07) is 17.7. The summed E-state index contributed by atoms with van der Waals surface area (Å²) in [5, 5.41) is 0. The third kappa shape index (κ3) is 79.5. The van der Waals surface area contributed by atoms with Crippen molar-refractivity contribution >= 4 is 329 Å². The molecule has 31 nitrogen and oxygen atoms in total. The van der Waals surface area contributed by atoms with Crippen LogP contribution in [0.3, 0.4) is 0 Å². The number of rotatable bonds is 84. The Hall–Kier alpha value is 6.07. The minimum absolute atomic E-state index is 0.301. The van der Waals surface area contributed by atoms with Crippen LogP contribution >= 0.6 is 0 Å². The first-order valence-corrected chi connectivity index (χ1v) is 154. The van der Waals surface area contributed by atoms with Gasteiger partial charge in [0.25, 0.3) is 0 Å². The van der Waals surface area contributed by atoms with Crippen LogP contribution in [0.15, 0.2) is 12.2 Å². The number of carbonyl (C=O) groups is 1. The Morgan fingerprint density at radius 3 is 0.407 bits per heavy atom. The van der Waals surface area contributed by atoms with Crippen molar-refractivity contribution in [2.45, 2.75) is 503 Å². The van der Waals surface area contributed by atoms with Gasteiger partial charge in [-0.2, -0.15) is 0 Å². The average molecular weight is 2760 g/mol. The Morgan fingerprint density at radius 1 is 0.167 bits per heavy atom. The second-order valence-corrected chi connectivity index (χ2v) is 186. The van der Waals surface area contributed by atoms with Crippen molar-refractivity contribution in [3.63, 3.8) is 0 Å². The summed E-state index contributed by atoms with van der Waals surface area (Å²) >= 11 is 0. The molecule has 0 heterocycles. The molecular weight excluding hydrogens is 2520 g/mol. The van der Waals surface area contributed by atoms with E-state index in [1.54, 1.807) is 6.92 Å². The van der Waals surface area contributed by atoms with Crippen LogP contribution < -0.4 is 0 Å². The molecule has 0 aromatic carbocycles. The van der Waals surface area contributed by atoms with Gasteiger partial charge in [0.1, 0.15) is 68.3 Å². The molecule has 0 saturated carbocycles. The zero-order valence-corrected chi connectivity index (χ0v) is 148. The Labute approximate surface area is 970 Å². The third-order valence-corrected chi connectivity index (χ3v) is 159. The first-order chi connectivity index (χ1) is 65.8. The zero-order valence-electron chi connectivity index (χ0n) is 108. The van der Waals surface area contributed by atoms with Crippen LogP contribution in [0, 0.1) is 0 Å². The summed E-state index contributed by atoms with van der Waals surface area (Å²) in [5.41, 5.74) is 0.452. The molecule has 0 aromatic heterocycles. The SMILES string of the molecule is C=C(C)C(=O)OCCC[Si](C)(C)O[SiH2]CC[Si](C)(C)O[SiH2]CC[Si](C)(C)O[SiH2]CC[Si](C)(C)O[SiH2]CC[Si](C)(C)O[SiH2]CC[Si](C)(C)O[SiH2]CC[Si](C)(C)O[SiH2]CC[Si](C)(C)O[Si](C)(C)O[Si](C)(C)O[Si](C)(C)O[Si](C)(C)O[Si](C)(C)O[Si](C)(C)O[Si](C)(C)O[Si](C)(C)O[Si](C)(C)O[Si](C)(C)O[Si](C)(C)O[Si](C)(C)O[Si](C)(C)O[Si](C)(C)O[Si](C)(C)O[Si](C)(C)O[Si](C)(C)O[Si](C)(C)O[Si](C)(C)O[Si](C)(C)O[Si](C)(C)O[Si](C)(C)C. The van der Waals surface area contributed by atoms with Crippen molar-refractivity contribution < 1.29 is 129 Å². The Bertz CT molecular complexity index is 3990. The van der Waals surface area contributed by atoms with Crippen LogP contribution in [0.2, 0.25) is 490 Å². The number of hydrogen-bond donors (Lipinski definition) is 0. The van der Waals surface area contributed by atoms with Crippen molar-refractivity contribution in [3.05, 3.63) is 12.2 Å². The second-order valence-electron chi connectivity index (χ2n) is 56.5. The smallest absolute Gasteiger partial charge is 0.333 e. The van der Waals surface area contributed by atoms with Gasteiger partial charge in [0, 0.05) is 5.57 Å². The van der Waals surface area contributed by atoms with E-state index in [4.69, 9.17) is 124 Å². The molecule has 0 spiro atoms. The zero-order chi connectivity index (χ0) is 118. The first-order valence-electron chi connectivity index (χ1n) is 55.6. The highest BCUT2D eigenvalue weighted by Crippen LogP contribution is 2.39. The van der Waals surface area contributed by atoms with Crippen LogP contribution in [0.4, 0.5) is 0 Å². The average Bonchev–Trinajstić information content (AvgIpc) is 0.795. The molecule has 0 rings (SSSR count). The topological polar surface area (TPSA) is 294 Å². The molecule has 68 heteroatoms. The fourth-order valence-corrected chi connectivity index (χ4v) is 191. The van der Waals surface area contributed by atoms with Gasteiger partial charge in [-0.05, 0) is 503 Å². The van der Waals surface area contributed by atoms with Gasteiger partial charge < -0.3 is 124 Å². The van der Waals surface area contributed by atoms with Gasteiger partial charge in [0.15, 0.2) is 74.9 Å². The summed E-state index contributed by atoms with van der Waals surface area (Å²) in [4.78, 5) is 11.7. The molecule has 0 unspecified atom stereocenters. The summed E-state index contributed by atoms with van der Waals surface area (Å²) in [6.07, 6.45) is 0.856. The molecule has 0 fully saturated rings. The van der Waals surface area contributed by atoms with Crippen molar-refractivity contribution in [2.24, 2.45) is 0 Å². The minimum Gasteiger partial charge on any atom is -0.462 e. The molecule has 898 valence electrons. The fourth-order valence-electron chi connectivity index (χ4n) is 20.9. The van der Waals surface area contributed by atoms with Crippen LogP contribution in [-0.2, 0) is 129 Å². The minimum atomic E-state index is -2.93. The van der Waals surface area contributed by atoms with Gasteiger partial charge in [-0.15, -0.1) is 0 Å². The molecule has 0 amide bonds. The summed E-state index contributed by atoms with van der Waals surface area (Å²) in [7, 11) is -79.5. The van der Waals surface area contributed by atoms with Crippen LogP contribution in [-0.4, -0.2) is 336 Å². The molecule has 0 atom stereocenters. The monoisotopic (exact) mass is 2750 g/mol. The molecule has 0 aromatic rings. The normalized spacial score (nSPS) is 16.0. The summed E-state index contributed by atoms with van der Waals surface area (Å²) in [5.74, 6) is -0.301. The maximum atomic E-state index is 11.7. The lowest BCUT2D eigenvalue weighted by Gasteiger charge is -2.45. The largest absolute Gasteiger partial charge is 0.462 e. The molecule has 0 saturated heterocycles. The van der Waals surface area contributed by atoms with Crippen LogP contribution in [0.5, 0.6) is 0 Å². The van der Waals surface area contributed by atoms with E-state index in [-0.39, 0.29) is 5.97 Å².